The Labute approximate surface area is 188 Å². The fourth-order valence-electron chi connectivity index (χ4n) is 3.83. The van der Waals surface area contributed by atoms with Gasteiger partial charge in [-0.2, -0.15) is 0 Å². The molecule has 0 radical (unpaired) electrons. The van der Waals surface area contributed by atoms with Crippen LogP contribution in [0.1, 0.15) is 43.6 Å². The number of carbonyl (C=O) groups excluding carboxylic acids is 1. The predicted octanol–water partition coefficient (Wildman–Crippen LogP) is 4.37. The Morgan fingerprint density at radius 2 is 1.81 bits per heavy atom. The average molecular weight is 435 g/mol. The van der Waals surface area contributed by atoms with Gasteiger partial charge >= 0.3 is 0 Å². The van der Waals surface area contributed by atoms with Gasteiger partial charge in [0.15, 0.2) is 11.7 Å². The van der Waals surface area contributed by atoms with Crippen LogP contribution in [0.4, 0.5) is 5.82 Å². The number of methoxy groups -OCH3 is 1. The molecule has 1 N–H and O–H groups in total. The van der Waals surface area contributed by atoms with E-state index in [0.717, 1.165) is 35.8 Å². The lowest BCUT2D eigenvalue weighted by Gasteiger charge is -2.21. The van der Waals surface area contributed by atoms with Gasteiger partial charge < -0.3 is 19.4 Å². The van der Waals surface area contributed by atoms with Crippen molar-refractivity contribution in [2.45, 2.75) is 45.1 Å². The Hall–Kier alpha value is -3.35. The molecule has 1 amide bonds. The maximum atomic E-state index is 12.3. The molecule has 7 nitrogen and oxygen atoms in total. The number of anilines is 1. The fraction of sp³-hybridized carbons (Fsp3) is 0.400. The number of ether oxygens (including phenoxy) is 1. The van der Waals surface area contributed by atoms with Crippen molar-refractivity contribution in [3.8, 4) is 17.1 Å². The molecule has 0 unspecified atom stereocenters. The van der Waals surface area contributed by atoms with Crippen molar-refractivity contribution in [1.82, 2.24) is 15.3 Å². The van der Waals surface area contributed by atoms with Crippen LogP contribution in [0.15, 0.2) is 53.2 Å². The maximum absolute atomic E-state index is 12.3. The van der Waals surface area contributed by atoms with Gasteiger partial charge in [-0.15, -0.1) is 0 Å². The molecule has 3 heterocycles. The summed E-state index contributed by atoms with van der Waals surface area (Å²) < 4.78 is 11.0. The molecule has 0 aliphatic carbocycles. The number of aryl methyl sites for hydroxylation is 1. The molecule has 1 aliphatic rings. The van der Waals surface area contributed by atoms with E-state index in [4.69, 9.17) is 9.15 Å². The van der Waals surface area contributed by atoms with E-state index in [1.54, 1.807) is 13.3 Å². The molecule has 1 saturated heterocycles. The van der Waals surface area contributed by atoms with Crippen molar-refractivity contribution in [2.24, 2.45) is 0 Å². The molecule has 1 aromatic carbocycles. The van der Waals surface area contributed by atoms with Gasteiger partial charge in [0.05, 0.1) is 13.3 Å². The molecule has 3 aromatic rings. The van der Waals surface area contributed by atoms with E-state index in [9.17, 15) is 4.79 Å². The number of amides is 1. The quantitative estimate of drug-likeness (QED) is 0.567. The Kier molecular flexibility index (Phi) is 7.38. The van der Waals surface area contributed by atoms with Gasteiger partial charge in [-0.1, -0.05) is 18.9 Å². The molecule has 7 heteroatoms. The molecule has 0 bridgehead atoms. The Bertz CT molecular complexity index is 991. The van der Waals surface area contributed by atoms with Gasteiger partial charge in [-0.25, -0.2) is 9.97 Å². The van der Waals surface area contributed by atoms with Gasteiger partial charge in [-0.05, 0) is 48.7 Å². The fourth-order valence-corrected chi connectivity index (χ4v) is 3.83. The van der Waals surface area contributed by atoms with Crippen molar-refractivity contribution in [3.05, 3.63) is 60.2 Å². The third-order valence-corrected chi connectivity index (χ3v) is 5.72. The summed E-state index contributed by atoms with van der Waals surface area (Å²) in [6.07, 6.45) is 9.38. The first-order chi connectivity index (χ1) is 15.7. The van der Waals surface area contributed by atoms with Gasteiger partial charge in [0, 0.05) is 44.2 Å². The zero-order valence-corrected chi connectivity index (χ0v) is 18.5. The van der Waals surface area contributed by atoms with Gasteiger partial charge in [0.2, 0.25) is 5.91 Å². The second kappa shape index (κ2) is 10.8. The molecular weight excluding hydrogens is 404 g/mol. The third-order valence-electron chi connectivity index (χ3n) is 5.72. The Balaban J connectivity index is 1.22. The topological polar surface area (TPSA) is 80.5 Å². The van der Waals surface area contributed by atoms with Crippen molar-refractivity contribution in [1.29, 1.82) is 0 Å². The number of carbonyl (C=O) groups is 1. The van der Waals surface area contributed by atoms with Crippen LogP contribution in [0.3, 0.4) is 0 Å². The van der Waals surface area contributed by atoms with Crippen molar-refractivity contribution >= 4 is 11.7 Å². The van der Waals surface area contributed by atoms with Crippen LogP contribution in [0.5, 0.6) is 5.75 Å². The first-order valence-electron chi connectivity index (χ1n) is 11.3. The second-order valence-corrected chi connectivity index (χ2v) is 8.05. The number of hydrogen-bond donors (Lipinski definition) is 1. The van der Waals surface area contributed by atoms with Gasteiger partial charge in [0.25, 0.3) is 0 Å². The highest BCUT2D eigenvalue weighted by Gasteiger charge is 2.12. The summed E-state index contributed by atoms with van der Waals surface area (Å²) in [5.41, 5.74) is 1.92. The van der Waals surface area contributed by atoms with Crippen LogP contribution >= 0.6 is 0 Å². The van der Waals surface area contributed by atoms with Crippen LogP contribution in [-0.4, -0.2) is 36.1 Å². The van der Waals surface area contributed by atoms with Crippen LogP contribution in [0.25, 0.3) is 11.3 Å². The first-order valence-corrected chi connectivity index (χ1v) is 11.3. The number of aromatic nitrogens is 2. The summed E-state index contributed by atoms with van der Waals surface area (Å²) in [4.78, 5) is 23.5. The van der Waals surface area contributed by atoms with Crippen molar-refractivity contribution in [3.63, 3.8) is 0 Å². The van der Waals surface area contributed by atoms with Gasteiger partial charge in [-0.3, -0.25) is 4.79 Å². The summed E-state index contributed by atoms with van der Waals surface area (Å²) >= 11 is 0. The maximum Gasteiger partial charge on any atom is 0.220 e. The van der Waals surface area contributed by atoms with E-state index in [2.05, 4.69) is 26.3 Å². The zero-order chi connectivity index (χ0) is 22.2. The van der Waals surface area contributed by atoms with E-state index < -0.39 is 0 Å². The largest absolute Gasteiger partial charge is 0.497 e. The number of rotatable bonds is 8. The Morgan fingerprint density at radius 1 is 1.03 bits per heavy atom. The van der Waals surface area contributed by atoms with Crippen LogP contribution < -0.4 is 15.0 Å². The minimum absolute atomic E-state index is 0.0363. The second-order valence-electron chi connectivity index (χ2n) is 8.05. The van der Waals surface area contributed by atoms with Crippen molar-refractivity contribution in [2.75, 3.05) is 25.1 Å². The number of nitrogens with one attached hydrogen (secondary N) is 1. The van der Waals surface area contributed by atoms with E-state index in [1.165, 1.54) is 25.7 Å². The molecule has 0 atom stereocenters. The van der Waals surface area contributed by atoms with Crippen LogP contribution in [-0.2, 0) is 17.8 Å². The van der Waals surface area contributed by atoms with Crippen LogP contribution in [0, 0.1) is 0 Å². The molecule has 0 saturated carbocycles. The van der Waals surface area contributed by atoms with Crippen LogP contribution in [0.2, 0.25) is 0 Å². The minimum atomic E-state index is -0.0363. The highest BCUT2D eigenvalue weighted by atomic mass is 16.5. The average Bonchev–Trinajstić information content (AvgIpc) is 3.15. The lowest BCUT2D eigenvalue weighted by atomic mass is 10.2. The predicted molar refractivity (Wildman–Crippen MR) is 124 cm³/mol. The van der Waals surface area contributed by atoms with E-state index in [0.29, 0.717) is 31.0 Å². The molecule has 1 aliphatic heterocycles. The normalized spacial score (nSPS) is 14.1. The van der Waals surface area contributed by atoms with Crippen molar-refractivity contribution < 1.29 is 13.9 Å². The smallest absolute Gasteiger partial charge is 0.220 e. The molecule has 4 rings (SSSR count). The number of benzene rings is 1. The molecule has 168 valence electrons. The standard InChI is InChI=1S/C25H30N4O3/c1-31-21-9-7-20(8-10-21)22-18-28-25(32-22)13-12-24(30)27-17-19-6-11-23(26-16-19)29-14-4-2-3-5-15-29/h6-11,16,18H,2-5,12-15,17H2,1H3,(H,27,30). The third kappa shape index (κ3) is 5.87. The SMILES string of the molecule is COc1ccc(-c2cnc(CCC(=O)NCc3ccc(N4CCCCCC4)nc3)o2)cc1. The molecule has 1 fully saturated rings. The highest BCUT2D eigenvalue weighted by molar-refractivity contribution is 5.76. The lowest BCUT2D eigenvalue weighted by Crippen LogP contribution is -2.25. The minimum Gasteiger partial charge on any atom is -0.497 e. The zero-order valence-electron chi connectivity index (χ0n) is 18.5. The lowest BCUT2D eigenvalue weighted by molar-refractivity contribution is -0.121. The first kappa shape index (κ1) is 21.9. The summed E-state index contributed by atoms with van der Waals surface area (Å²) in [5.74, 6) is 3.01. The number of nitrogens with zero attached hydrogens (tertiary/aromatic N) is 3. The Morgan fingerprint density at radius 3 is 2.50 bits per heavy atom. The molecule has 0 spiro atoms. The molecule has 32 heavy (non-hydrogen) atoms. The number of hydrogen-bond acceptors (Lipinski definition) is 6. The number of oxazole rings is 1. The van der Waals surface area contributed by atoms with E-state index in [1.807, 2.05) is 36.5 Å². The summed E-state index contributed by atoms with van der Waals surface area (Å²) in [7, 11) is 1.63. The van der Waals surface area contributed by atoms with Gasteiger partial charge in [0.1, 0.15) is 11.6 Å². The van der Waals surface area contributed by atoms with E-state index in [-0.39, 0.29) is 5.91 Å². The van der Waals surface area contributed by atoms with E-state index >= 15 is 0 Å². The monoisotopic (exact) mass is 434 g/mol. The number of pyridine rings is 1. The highest BCUT2D eigenvalue weighted by Crippen LogP contribution is 2.23. The summed E-state index contributed by atoms with van der Waals surface area (Å²) in [5, 5.41) is 2.95. The molecular formula is C25H30N4O3. The summed E-state index contributed by atoms with van der Waals surface area (Å²) in [6, 6.07) is 11.7. The summed E-state index contributed by atoms with van der Waals surface area (Å²) in [6.45, 7) is 2.61. The molecule has 2 aromatic heterocycles.